The maximum Gasteiger partial charge on any atom is 2.00 e. The zero-order valence-corrected chi connectivity index (χ0v) is 17.6. The molecule has 0 spiro atoms. The van der Waals surface area contributed by atoms with Gasteiger partial charge in [-0.25, -0.2) is 0 Å². The summed E-state index contributed by atoms with van der Waals surface area (Å²) in [5.41, 5.74) is 2.06. The molecule has 0 aromatic rings. The molecule has 5 heteroatoms. The molecule has 0 unspecified atom stereocenters. The quantitative estimate of drug-likeness (QED) is 0.555. The number of rotatable bonds is 2. The Balaban J connectivity index is 0.000000443. The van der Waals surface area contributed by atoms with Gasteiger partial charge in [0.15, 0.2) is 0 Å². The van der Waals surface area contributed by atoms with E-state index < -0.39 is 0 Å². The molecular formula is C20H24CaO4+2. The molecule has 0 aromatic heterocycles. The minimum Gasteiger partial charge on any atom is -0.290 e. The van der Waals surface area contributed by atoms with Crippen LogP contribution in [0.15, 0.2) is 47.6 Å². The number of carbonyl (C=O) groups is 4. The van der Waals surface area contributed by atoms with Crippen LogP contribution in [-0.4, -0.2) is 60.9 Å². The molecule has 25 heavy (non-hydrogen) atoms. The van der Waals surface area contributed by atoms with E-state index >= 15 is 0 Å². The van der Waals surface area contributed by atoms with Gasteiger partial charge in [0, 0.05) is 12.8 Å². The summed E-state index contributed by atoms with van der Waals surface area (Å²) in [5, 5.41) is 0. The van der Waals surface area contributed by atoms with Gasteiger partial charge in [-0.2, -0.15) is 0 Å². The first-order chi connectivity index (χ1) is 11.2. The average molecular weight is 368 g/mol. The molecule has 0 bridgehead atoms. The fraction of sp³-hybridized carbons (Fsp3) is 0.400. The maximum absolute atomic E-state index is 11.1. The topological polar surface area (TPSA) is 68.3 Å². The number of hydrogen-bond donors (Lipinski definition) is 0. The first-order valence-corrected chi connectivity index (χ1v) is 8.11. The third-order valence-electron chi connectivity index (χ3n) is 3.88. The zero-order chi connectivity index (χ0) is 18.3. The Morgan fingerprint density at radius 2 is 1.00 bits per heavy atom. The second-order valence-electron chi connectivity index (χ2n) is 6.44. The van der Waals surface area contributed by atoms with E-state index in [1.165, 1.54) is 12.2 Å². The molecule has 2 aliphatic rings. The summed E-state index contributed by atoms with van der Waals surface area (Å²) in [6, 6.07) is 0. The van der Waals surface area contributed by atoms with Gasteiger partial charge in [-0.15, -0.1) is 0 Å². The maximum atomic E-state index is 11.1. The molecule has 0 N–H and O–H groups in total. The first kappa shape index (κ1) is 23.9. The summed E-state index contributed by atoms with van der Waals surface area (Å²) in [4.78, 5) is 44.0. The van der Waals surface area contributed by atoms with Gasteiger partial charge in [-0.3, -0.25) is 19.2 Å². The molecule has 2 rings (SSSR count). The van der Waals surface area contributed by atoms with Crippen LogP contribution in [0.4, 0.5) is 0 Å². The normalized spacial score (nSPS) is 17.4. The van der Waals surface area contributed by atoms with Gasteiger partial charge < -0.3 is 0 Å². The van der Waals surface area contributed by atoms with Gasteiger partial charge in [0.1, 0.15) is 0 Å². The molecule has 128 valence electrons. The Morgan fingerprint density at radius 3 is 1.28 bits per heavy atom. The van der Waals surface area contributed by atoms with Crippen LogP contribution in [0.25, 0.3) is 0 Å². The molecule has 0 aliphatic heterocycles. The largest absolute Gasteiger partial charge is 2.00 e. The Hall–Kier alpha value is -1.10. The smallest absolute Gasteiger partial charge is 0.290 e. The fourth-order valence-corrected chi connectivity index (χ4v) is 2.16. The van der Waals surface area contributed by atoms with Crippen LogP contribution in [-0.2, 0) is 19.2 Å². The average Bonchev–Trinajstić information content (AvgIpc) is 2.78. The molecule has 4 nitrogen and oxygen atoms in total. The number of ketones is 4. The Bertz CT molecular complexity index is 603. The van der Waals surface area contributed by atoms with Crippen LogP contribution in [0.5, 0.6) is 0 Å². The zero-order valence-electron chi connectivity index (χ0n) is 15.4. The minimum absolute atomic E-state index is 0. The summed E-state index contributed by atoms with van der Waals surface area (Å²) in [7, 11) is 0. The van der Waals surface area contributed by atoms with Crippen molar-refractivity contribution < 1.29 is 19.2 Å². The van der Waals surface area contributed by atoms with Crippen molar-refractivity contribution in [2.45, 2.75) is 40.5 Å². The van der Waals surface area contributed by atoms with Gasteiger partial charge in [0.25, 0.3) is 0 Å². The van der Waals surface area contributed by atoms with E-state index in [-0.39, 0.29) is 73.7 Å². The number of allylic oxidation sites excluding steroid dienone is 8. The summed E-state index contributed by atoms with van der Waals surface area (Å²) in [6.07, 6.45) is 10.2. The van der Waals surface area contributed by atoms with Crippen molar-refractivity contribution in [3.63, 3.8) is 0 Å². The Kier molecular flexibility index (Phi) is 11.0. The summed E-state index contributed by atoms with van der Waals surface area (Å²) >= 11 is 0. The van der Waals surface area contributed by atoms with E-state index in [4.69, 9.17) is 0 Å². The van der Waals surface area contributed by atoms with Gasteiger partial charge >= 0.3 is 37.7 Å². The van der Waals surface area contributed by atoms with E-state index in [0.29, 0.717) is 11.8 Å². The molecule has 0 saturated heterocycles. The van der Waals surface area contributed by atoms with E-state index in [1.54, 1.807) is 12.2 Å². The molecule has 0 atom stereocenters. The third-order valence-corrected chi connectivity index (χ3v) is 3.88. The molecule has 0 amide bonds. The summed E-state index contributed by atoms with van der Waals surface area (Å²) in [6.45, 7) is 8.07. The van der Waals surface area contributed by atoms with Gasteiger partial charge in [0.05, 0.1) is 0 Å². The van der Waals surface area contributed by atoms with Gasteiger partial charge in [-0.1, -0.05) is 63.1 Å². The Labute approximate surface area is 179 Å². The van der Waals surface area contributed by atoms with Crippen molar-refractivity contribution >= 4 is 60.9 Å². The second kappa shape index (κ2) is 11.5. The predicted octanol–water partition coefficient (Wildman–Crippen LogP) is 2.95. The Morgan fingerprint density at radius 1 is 0.680 bits per heavy atom. The molecule has 0 radical (unpaired) electrons. The van der Waals surface area contributed by atoms with Crippen LogP contribution in [0.3, 0.4) is 0 Å². The fourth-order valence-electron chi connectivity index (χ4n) is 2.16. The standard InChI is InChI=1S/2C10H12O2.Ca/c2*1-7(2)8-4-3-5-9(11)10(12)6-8;/h2*3-5,7H,6H2,1-2H3;/q;;+2. The molecular weight excluding hydrogens is 344 g/mol. The molecule has 0 aromatic carbocycles. The van der Waals surface area contributed by atoms with Crippen LogP contribution in [0.2, 0.25) is 0 Å². The summed E-state index contributed by atoms with van der Waals surface area (Å²) < 4.78 is 0. The van der Waals surface area contributed by atoms with Crippen molar-refractivity contribution in [1.29, 1.82) is 0 Å². The van der Waals surface area contributed by atoms with Gasteiger partial charge in [-0.05, 0) is 24.0 Å². The van der Waals surface area contributed by atoms with Crippen molar-refractivity contribution in [3.05, 3.63) is 47.6 Å². The van der Waals surface area contributed by atoms with Crippen molar-refractivity contribution in [2.24, 2.45) is 11.8 Å². The summed E-state index contributed by atoms with van der Waals surface area (Å²) in [5.74, 6) is -0.704. The molecule has 0 heterocycles. The third kappa shape index (κ3) is 8.21. The first-order valence-electron chi connectivity index (χ1n) is 8.11. The van der Waals surface area contributed by atoms with Crippen molar-refractivity contribution in [1.82, 2.24) is 0 Å². The van der Waals surface area contributed by atoms with Crippen molar-refractivity contribution in [3.8, 4) is 0 Å². The van der Waals surface area contributed by atoms with Crippen LogP contribution in [0.1, 0.15) is 40.5 Å². The number of hydrogen-bond acceptors (Lipinski definition) is 4. The van der Waals surface area contributed by atoms with E-state index in [9.17, 15) is 19.2 Å². The number of carbonyl (C=O) groups excluding carboxylic acids is 4. The van der Waals surface area contributed by atoms with Crippen LogP contribution < -0.4 is 0 Å². The minimum atomic E-state index is -0.387. The molecule has 0 saturated carbocycles. The van der Waals surface area contributed by atoms with Gasteiger partial charge in [0.2, 0.25) is 23.1 Å². The second-order valence-corrected chi connectivity index (χ2v) is 6.44. The predicted molar refractivity (Wildman–Crippen MR) is 99.1 cm³/mol. The monoisotopic (exact) mass is 368 g/mol. The van der Waals surface area contributed by atoms with Crippen LogP contribution >= 0.6 is 0 Å². The van der Waals surface area contributed by atoms with Crippen LogP contribution in [0, 0.1) is 11.8 Å². The number of Topliss-reactive ketones (excluding diaryl/α,β-unsaturated/α-hetero) is 2. The molecule has 0 fully saturated rings. The van der Waals surface area contributed by atoms with Crippen molar-refractivity contribution in [2.75, 3.05) is 0 Å². The van der Waals surface area contributed by atoms with E-state index in [2.05, 4.69) is 0 Å². The van der Waals surface area contributed by atoms with E-state index in [1.807, 2.05) is 39.8 Å². The van der Waals surface area contributed by atoms with E-state index in [0.717, 1.165) is 11.1 Å². The SMILES string of the molecule is CC(C)C1=CC=CC(=O)C(=O)C1.CC(C)C1=CC=CC(=O)C(=O)C1.[Ca+2]. The molecule has 2 aliphatic carbocycles.